The highest BCUT2D eigenvalue weighted by molar-refractivity contribution is 5.83. The number of hydrogen-bond donors (Lipinski definition) is 3. The highest BCUT2D eigenvalue weighted by atomic mass is 16.5. The van der Waals surface area contributed by atoms with Crippen LogP contribution in [0.5, 0.6) is 0 Å². The van der Waals surface area contributed by atoms with E-state index in [1.165, 1.54) is 0 Å². The normalized spacial score (nSPS) is 20.7. The summed E-state index contributed by atoms with van der Waals surface area (Å²) in [5.41, 5.74) is 7.36. The molecule has 0 bridgehead atoms. The molecule has 0 saturated carbocycles. The van der Waals surface area contributed by atoms with E-state index in [1.807, 2.05) is 37.3 Å². The second-order valence-electron chi connectivity index (χ2n) is 6.61. The van der Waals surface area contributed by atoms with Crippen molar-refractivity contribution in [1.82, 2.24) is 15.8 Å². The summed E-state index contributed by atoms with van der Waals surface area (Å²) in [7, 11) is 0. The van der Waals surface area contributed by atoms with Gasteiger partial charge >= 0.3 is 5.97 Å². The molecule has 1 amide bonds. The van der Waals surface area contributed by atoms with Crippen LogP contribution >= 0.6 is 0 Å². The van der Waals surface area contributed by atoms with E-state index < -0.39 is 11.9 Å². The number of nitrogens with zero attached hydrogens (tertiary/aromatic N) is 1. The Balaban J connectivity index is 1.97. The number of aliphatic carboxylic acids is 1. The molecule has 3 unspecified atom stereocenters. The fraction of sp³-hybridized carbons (Fsp3) is 0.579. The van der Waals surface area contributed by atoms with Gasteiger partial charge in [-0.15, -0.1) is 0 Å². The Morgan fingerprint density at radius 1 is 1.31 bits per heavy atom. The molecular weight excluding hydrogens is 334 g/mol. The summed E-state index contributed by atoms with van der Waals surface area (Å²) in [6.07, 6.45) is 1.32. The largest absolute Gasteiger partial charge is 0.481 e. The number of ether oxygens (including phenoxy) is 1. The van der Waals surface area contributed by atoms with Gasteiger partial charge in [-0.25, -0.2) is 10.9 Å². The third kappa shape index (κ3) is 5.79. The third-order valence-corrected chi connectivity index (χ3v) is 4.55. The predicted octanol–water partition coefficient (Wildman–Crippen LogP) is 1.57. The van der Waals surface area contributed by atoms with E-state index in [1.54, 1.807) is 11.8 Å². The van der Waals surface area contributed by atoms with Crippen molar-refractivity contribution in [3.8, 4) is 0 Å². The SMILES string of the molecule is CCOCCCN(CC(C)C(=O)O)C(=O)C1CC(c2ccccc2)NN1. The first-order valence-electron chi connectivity index (χ1n) is 9.18. The van der Waals surface area contributed by atoms with Gasteiger partial charge < -0.3 is 14.7 Å². The van der Waals surface area contributed by atoms with Crippen molar-refractivity contribution < 1.29 is 19.4 Å². The van der Waals surface area contributed by atoms with Crippen molar-refractivity contribution >= 4 is 11.9 Å². The summed E-state index contributed by atoms with van der Waals surface area (Å²) in [6, 6.07) is 9.65. The Hall–Kier alpha value is -1.96. The average molecular weight is 363 g/mol. The number of carbonyl (C=O) groups excluding carboxylic acids is 1. The summed E-state index contributed by atoms with van der Waals surface area (Å²) in [6.45, 7) is 5.43. The Morgan fingerprint density at radius 2 is 2.04 bits per heavy atom. The summed E-state index contributed by atoms with van der Waals surface area (Å²) < 4.78 is 5.33. The van der Waals surface area contributed by atoms with Crippen LogP contribution in [0.15, 0.2) is 30.3 Å². The molecule has 1 aliphatic rings. The number of carboxylic acids is 1. The minimum absolute atomic E-state index is 0.0623. The monoisotopic (exact) mass is 363 g/mol. The highest BCUT2D eigenvalue weighted by Crippen LogP contribution is 2.23. The van der Waals surface area contributed by atoms with Crippen molar-refractivity contribution in [3.63, 3.8) is 0 Å². The van der Waals surface area contributed by atoms with Crippen molar-refractivity contribution in [2.45, 2.75) is 38.8 Å². The zero-order valence-corrected chi connectivity index (χ0v) is 15.5. The Kier molecular flexibility index (Phi) is 8.03. The molecule has 0 aliphatic carbocycles. The minimum atomic E-state index is -0.896. The van der Waals surface area contributed by atoms with E-state index in [-0.39, 0.29) is 24.5 Å². The minimum Gasteiger partial charge on any atom is -0.481 e. The lowest BCUT2D eigenvalue weighted by molar-refractivity contribution is -0.143. The molecule has 0 spiro atoms. The van der Waals surface area contributed by atoms with Gasteiger partial charge in [-0.1, -0.05) is 37.3 Å². The number of hydrazine groups is 1. The van der Waals surface area contributed by atoms with Gasteiger partial charge in [-0.05, 0) is 25.3 Å². The van der Waals surface area contributed by atoms with Crippen LogP contribution in [0.2, 0.25) is 0 Å². The number of amides is 1. The Labute approximate surface area is 154 Å². The first-order chi connectivity index (χ1) is 12.5. The highest BCUT2D eigenvalue weighted by Gasteiger charge is 2.33. The van der Waals surface area contributed by atoms with E-state index in [9.17, 15) is 14.7 Å². The molecule has 144 valence electrons. The first kappa shape index (κ1) is 20.4. The topological polar surface area (TPSA) is 90.9 Å². The molecule has 1 aliphatic heterocycles. The number of carbonyl (C=O) groups is 2. The van der Waals surface area contributed by atoms with E-state index >= 15 is 0 Å². The maximum Gasteiger partial charge on any atom is 0.308 e. The summed E-state index contributed by atoms with van der Waals surface area (Å²) in [5.74, 6) is -1.57. The average Bonchev–Trinajstić information content (AvgIpc) is 3.14. The van der Waals surface area contributed by atoms with Gasteiger partial charge in [0.1, 0.15) is 6.04 Å². The second-order valence-corrected chi connectivity index (χ2v) is 6.61. The molecule has 3 atom stereocenters. The third-order valence-electron chi connectivity index (χ3n) is 4.55. The molecule has 1 saturated heterocycles. The molecule has 26 heavy (non-hydrogen) atoms. The molecule has 1 aromatic rings. The molecule has 3 N–H and O–H groups in total. The molecule has 7 heteroatoms. The lowest BCUT2D eigenvalue weighted by atomic mass is 10.0. The van der Waals surface area contributed by atoms with E-state index in [4.69, 9.17) is 4.74 Å². The van der Waals surface area contributed by atoms with Crippen molar-refractivity contribution in [1.29, 1.82) is 0 Å². The lowest BCUT2D eigenvalue weighted by Gasteiger charge is -2.27. The Bertz CT molecular complexity index is 581. The van der Waals surface area contributed by atoms with Crippen LogP contribution in [0, 0.1) is 5.92 Å². The predicted molar refractivity (Wildman–Crippen MR) is 98.3 cm³/mol. The zero-order valence-electron chi connectivity index (χ0n) is 15.5. The van der Waals surface area contributed by atoms with Gasteiger partial charge in [0.15, 0.2) is 0 Å². The molecule has 7 nitrogen and oxygen atoms in total. The van der Waals surface area contributed by atoms with Crippen LogP contribution in [0.1, 0.15) is 38.3 Å². The standard InChI is InChI=1S/C19H29N3O4/c1-3-26-11-7-10-22(13-14(2)19(24)25)18(23)17-12-16(20-21-17)15-8-5-4-6-9-15/h4-6,8-9,14,16-17,20-21H,3,7,10-13H2,1-2H3,(H,24,25). The van der Waals surface area contributed by atoms with Crippen molar-refractivity contribution in [2.24, 2.45) is 5.92 Å². The number of carboxylic acid groups (broad SMARTS) is 1. The fourth-order valence-electron chi connectivity index (χ4n) is 3.04. The van der Waals surface area contributed by atoms with Gasteiger partial charge in [0, 0.05) is 32.3 Å². The number of benzene rings is 1. The summed E-state index contributed by atoms with van der Waals surface area (Å²) in [5, 5.41) is 9.19. The molecule has 1 fully saturated rings. The molecule has 0 aromatic heterocycles. The van der Waals surface area contributed by atoms with Crippen LogP contribution in [-0.2, 0) is 14.3 Å². The van der Waals surface area contributed by atoms with Crippen LogP contribution in [0.3, 0.4) is 0 Å². The summed E-state index contributed by atoms with van der Waals surface area (Å²) in [4.78, 5) is 25.8. The van der Waals surface area contributed by atoms with E-state index in [2.05, 4.69) is 10.9 Å². The quantitative estimate of drug-likeness (QED) is 0.547. The molecule has 1 aromatic carbocycles. The Morgan fingerprint density at radius 3 is 2.69 bits per heavy atom. The van der Waals surface area contributed by atoms with Crippen LogP contribution in [-0.4, -0.2) is 54.2 Å². The number of nitrogens with one attached hydrogen (secondary N) is 2. The van der Waals surface area contributed by atoms with Crippen molar-refractivity contribution in [3.05, 3.63) is 35.9 Å². The van der Waals surface area contributed by atoms with Gasteiger partial charge in [0.05, 0.1) is 5.92 Å². The number of rotatable bonds is 10. The van der Waals surface area contributed by atoms with Crippen LogP contribution in [0.25, 0.3) is 0 Å². The molecular formula is C19H29N3O4. The number of hydrogen-bond acceptors (Lipinski definition) is 5. The maximum atomic E-state index is 12.9. The second kappa shape index (κ2) is 10.3. The zero-order chi connectivity index (χ0) is 18.9. The molecule has 2 rings (SSSR count). The lowest BCUT2D eigenvalue weighted by Crippen LogP contribution is -2.48. The first-order valence-corrected chi connectivity index (χ1v) is 9.18. The van der Waals surface area contributed by atoms with Gasteiger partial charge in [-0.2, -0.15) is 0 Å². The molecule has 1 heterocycles. The van der Waals surface area contributed by atoms with Gasteiger partial charge in [-0.3, -0.25) is 9.59 Å². The van der Waals surface area contributed by atoms with E-state index in [0.717, 1.165) is 5.56 Å². The van der Waals surface area contributed by atoms with Gasteiger partial charge in [0.25, 0.3) is 0 Å². The smallest absolute Gasteiger partial charge is 0.308 e. The molecule has 0 radical (unpaired) electrons. The summed E-state index contributed by atoms with van der Waals surface area (Å²) >= 11 is 0. The van der Waals surface area contributed by atoms with E-state index in [0.29, 0.717) is 32.6 Å². The van der Waals surface area contributed by atoms with Crippen LogP contribution < -0.4 is 10.9 Å². The van der Waals surface area contributed by atoms with Gasteiger partial charge in [0.2, 0.25) is 5.91 Å². The maximum absolute atomic E-state index is 12.9. The van der Waals surface area contributed by atoms with Crippen molar-refractivity contribution in [2.75, 3.05) is 26.3 Å². The fourth-order valence-corrected chi connectivity index (χ4v) is 3.04. The van der Waals surface area contributed by atoms with Crippen LogP contribution in [0.4, 0.5) is 0 Å².